The summed E-state index contributed by atoms with van der Waals surface area (Å²) in [6.07, 6.45) is 1.79. The first-order valence-corrected chi connectivity index (χ1v) is 3.96. The van der Waals surface area contributed by atoms with Crippen LogP contribution in [0.15, 0.2) is 35.5 Å². The van der Waals surface area contributed by atoms with Crippen molar-refractivity contribution in [3.8, 4) is 0 Å². The molecule has 0 radical (unpaired) electrons. The van der Waals surface area contributed by atoms with Gasteiger partial charge < -0.3 is 4.84 Å². The molecule has 0 saturated carbocycles. The summed E-state index contributed by atoms with van der Waals surface area (Å²) in [5.74, 6) is 0.311. The van der Waals surface area contributed by atoms with Crippen LogP contribution in [-0.2, 0) is 4.84 Å². The van der Waals surface area contributed by atoms with Gasteiger partial charge in [-0.2, -0.15) is 0 Å². The Labute approximate surface area is 72.9 Å². The Morgan fingerprint density at radius 1 is 1.33 bits per heavy atom. The minimum atomic E-state index is 0.311. The molecule has 0 N–H and O–H groups in total. The number of benzene rings is 1. The second-order valence-electron chi connectivity index (χ2n) is 2.64. The van der Waals surface area contributed by atoms with Crippen LogP contribution in [-0.4, -0.2) is 13.3 Å². The Morgan fingerprint density at radius 2 is 2.00 bits per heavy atom. The lowest BCUT2D eigenvalue weighted by atomic mass is 10.0. The zero-order valence-electron chi connectivity index (χ0n) is 7.40. The Kier molecular flexibility index (Phi) is 3.33. The van der Waals surface area contributed by atoms with Crippen molar-refractivity contribution >= 4 is 6.21 Å². The predicted molar refractivity (Wildman–Crippen MR) is 50.4 cm³/mol. The van der Waals surface area contributed by atoms with E-state index >= 15 is 0 Å². The van der Waals surface area contributed by atoms with Crippen molar-refractivity contribution in [3.05, 3.63) is 35.9 Å². The SMILES string of the molecule is CO/N=C/C(C)c1ccccc1. The van der Waals surface area contributed by atoms with E-state index in [1.807, 2.05) is 18.2 Å². The standard InChI is InChI=1S/C10H13NO/c1-9(8-11-12-2)10-6-4-3-5-7-10/h3-9H,1-2H3/b11-8+. The van der Waals surface area contributed by atoms with Crippen molar-refractivity contribution in [2.75, 3.05) is 7.11 Å². The van der Waals surface area contributed by atoms with Gasteiger partial charge in [0, 0.05) is 5.92 Å². The average molecular weight is 163 g/mol. The molecule has 0 aliphatic heterocycles. The summed E-state index contributed by atoms with van der Waals surface area (Å²) < 4.78 is 0. The van der Waals surface area contributed by atoms with E-state index in [1.54, 1.807) is 13.3 Å². The van der Waals surface area contributed by atoms with E-state index in [0.29, 0.717) is 5.92 Å². The van der Waals surface area contributed by atoms with Crippen molar-refractivity contribution in [2.24, 2.45) is 5.16 Å². The summed E-state index contributed by atoms with van der Waals surface area (Å²) in [5.41, 5.74) is 1.25. The molecule has 0 bridgehead atoms. The molecule has 0 aliphatic carbocycles. The van der Waals surface area contributed by atoms with Crippen LogP contribution in [0.25, 0.3) is 0 Å². The second-order valence-corrected chi connectivity index (χ2v) is 2.64. The molecule has 64 valence electrons. The molecule has 12 heavy (non-hydrogen) atoms. The van der Waals surface area contributed by atoms with Gasteiger partial charge in [0.15, 0.2) is 0 Å². The fraction of sp³-hybridized carbons (Fsp3) is 0.300. The molecule has 0 fully saturated rings. The van der Waals surface area contributed by atoms with Crippen molar-refractivity contribution in [1.82, 2.24) is 0 Å². The van der Waals surface area contributed by atoms with Crippen molar-refractivity contribution in [1.29, 1.82) is 0 Å². The molecule has 0 heterocycles. The summed E-state index contributed by atoms with van der Waals surface area (Å²) >= 11 is 0. The van der Waals surface area contributed by atoms with Crippen LogP contribution in [0, 0.1) is 0 Å². The number of nitrogens with zero attached hydrogens (tertiary/aromatic N) is 1. The molecular weight excluding hydrogens is 150 g/mol. The first-order valence-electron chi connectivity index (χ1n) is 3.96. The molecule has 0 spiro atoms. The molecular formula is C10H13NO. The van der Waals surface area contributed by atoms with Crippen LogP contribution >= 0.6 is 0 Å². The van der Waals surface area contributed by atoms with Crippen LogP contribution in [0.1, 0.15) is 18.4 Å². The Hall–Kier alpha value is -1.31. The maximum absolute atomic E-state index is 4.60. The maximum Gasteiger partial charge on any atom is 0.106 e. The van der Waals surface area contributed by atoms with E-state index in [2.05, 4.69) is 29.0 Å². The van der Waals surface area contributed by atoms with Gasteiger partial charge in [-0.05, 0) is 5.56 Å². The molecule has 0 aromatic heterocycles. The molecule has 1 aromatic carbocycles. The van der Waals surface area contributed by atoms with E-state index in [-0.39, 0.29) is 0 Å². The van der Waals surface area contributed by atoms with Crippen molar-refractivity contribution in [3.63, 3.8) is 0 Å². The zero-order valence-corrected chi connectivity index (χ0v) is 7.40. The van der Waals surface area contributed by atoms with Crippen LogP contribution < -0.4 is 0 Å². The summed E-state index contributed by atoms with van der Waals surface area (Å²) in [7, 11) is 1.55. The quantitative estimate of drug-likeness (QED) is 0.495. The highest BCUT2D eigenvalue weighted by atomic mass is 16.6. The fourth-order valence-electron chi connectivity index (χ4n) is 0.995. The number of hydrogen-bond acceptors (Lipinski definition) is 2. The monoisotopic (exact) mass is 163 g/mol. The molecule has 0 aliphatic rings. The highest BCUT2D eigenvalue weighted by Gasteiger charge is 1.99. The molecule has 2 heteroatoms. The lowest BCUT2D eigenvalue weighted by Crippen LogP contribution is -1.93. The first kappa shape index (κ1) is 8.78. The number of hydrogen-bond donors (Lipinski definition) is 0. The third-order valence-electron chi connectivity index (χ3n) is 1.72. The lowest BCUT2D eigenvalue weighted by molar-refractivity contribution is 0.214. The summed E-state index contributed by atoms with van der Waals surface area (Å²) in [6, 6.07) is 10.2. The zero-order chi connectivity index (χ0) is 8.81. The molecule has 2 nitrogen and oxygen atoms in total. The van der Waals surface area contributed by atoms with Gasteiger partial charge in [0.25, 0.3) is 0 Å². The van der Waals surface area contributed by atoms with Gasteiger partial charge in [-0.25, -0.2) is 0 Å². The van der Waals surface area contributed by atoms with Crippen LogP contribution in [0.2, 0.25) is 0 Å². The summed E-state index contributed by atoms with van der Waals surface area (Å²) in [5, 5.41) is 3.72. The van der Waals surface area contributed by atoms with Crippen LogP contribution in [0.3, 0.4) is 0 Å². The largest absolute Gasteiger partial charge is 0.399 e. The average Bonchev–Trinajstić information content (AvgIpc) is 2.15. The highest BCUT2D eigenvalue weighted by molar-refractivity contribution is 5.66. The lowest BCUT2D eigenvalue weighted by Gasteiger charge is -2.03. The molecule has 1 unspecified atom stereocenters. The predicted octanol–water partition coefficient (Wildman–Crippen LogP) is 2.42. The third-order valence-corrected chi connectivity index (χ3v) is 1.72. The van der Waals surface area contributed by atoms with E-state index in [9.17, 15) is 0 Å². The van der Waals surface area contributed by atoms with Gasteiger partial charge in [-0.15, -0.1) is 0 Å². The van der Waals surface area contributed by atoms with Gasteiger partial charge in [-0.1, -0.05) is 42.4 Å². The first-order chi connectivity index (χ1) is 5.84. The molecule has 1 aromatic rings. The minimum Gasteiger partial charge on any atom is -0.399 e. The van der Waals surface area contributed by atoms with E-state index in [1.165, 1.54) is 5.56 Å². The van der Waals surface area contributed by atoms with Gasteiger partial charge in [0.05, 0.1) is 6.21 Å². The number of oxime groups is 1. The van der Waals surface area contributed by atoms with Crippen LogP contribution in [0.4, 0.5) is 0 Å². The summed E-state index contributed by atoms with van der Waals surface area (Å²) in [4.78, 5) is 4.60. The molecule has 1 atom stereocenters. The van der Waals surface area contributed by atoms with Gasteiger partial charge >= 0.3 is 0 Å². The van der Waals surface area contributed by atoms with Gasteiger partial charge in [0.1, 0.15) is 7.11 Å². The molecule has 0 amide bonds. The summed E-state index contributed by atoms with van der Waals surface area (Å²) in [6.45, 7) is 2.08. The third kappa shape index (κ3) is 2.38. The van der Waals surface area contributed by atoms with Crippen molar-refractivity contribution < 1.29 is 4.84 Å². The smallest absolute Gasteiger partial charge is 0.106 e. The molecule has 0 saturated heterocycles. The normalized spacial score (nSPS) is 13.2. The minimum absolute atomic E-state index is 0.311. The molecule has 1 rings (SSSR count). The van der Waals surface area contributed by atoms with Crippen LogP contribution in [0.5, 0.6) is 0 Å². The maximum atomic E-state index is 4.60. The van der Waals surface area contributed by atoms with E-state index in [4.69, 9.17) is 0 Å². The topological polar surface area (TPSA) is 21.6 Å². The van der Waals surface area contributed by atoms with Gasteiger partial charge in [-0.3, -0.25) is 0 Å². The fourth-order valence-corrected chi connectivity index (χ4v) is 0.995. The Balaban J connectivity index is 2.65. The highest BCUT2D eigenvalue weighted by Crippen LogP contribution is 2.11. The van der Waals surface area contributed by atoms with E-state index in [0.717, 1.165) is 0 Å². The Bertz CT molecular complexity index is 243. The number of rotatable bonds is 3. The Morgan fingerprint density at radius 3 is 2.58 bits per heavy atom. The van der Waals surface area contributed by atoms with Crippen molar-refractivity contribution in [2.45, 2.75) is 12.8 Å². The van der Waals surface area contributed by atoms with Gasteiger partial charge in [0.2, 0.25) is 0 Å². The van der Waals surface area contributed by atoms with E-state index < -0.39 is 0 Å². The second kappa shape index (κ2) is 4.54.